The zero-order valence-electron chi connectivity index (χ0n) is 12.5. The summed E-state index contributed by atoms with van der Waals surface area (Å²) in [5, 5.41) is 13.5. The Balaban J connectivity index is 2.83. The Morgan fingerprint density at radius 2 is 1.78 bits per heavy atom. The first-order valence-electron chi connectivity index (χ1n) is 7.05. The van der Waals surface area contributed by atoms with Gasteiger partial charge in [-0.05, 0) is 24.6 Å². The van der Waals surface area contributed by atoms with Crippen LogP contribution in [0.3, 0.4) is 0 Å². The van der Waals surface area contributed by atoms with Crippen molar-refractivity contribution in [1.82, 2.24) is 10.6 Å². The fourth-order valence-electron chi connectivity index (χ4n) is 1.78. The van der Waals surface area contributed by atoms with E-state index in [9.17, 15) is 23.2 Å². The van der Waals surface area contributed by atoms with Crippen LogP contribution in [0.5, 0.6) is 0 Å². The summed E-state index contributed by atoms with van der Waals surface area (Å²) in [5.74, 6) is -2.75. The average Bonchev–Trinajstić information content (AvgIpc) is 2.51. The van der Waals surface area contributed by atoms with Crippen LogP contribution in [0.25, 0.3) is 0 Å². The van der Waals surface area contributed by atoms with Crippen molar-refractivity contribution in [2.45, 2.75) is 32.2 Å². The molecule has 0 aromatic heterocycles. The molecule has 0 radical (unpaired) electrons. The molecule has 0 saturated heterocycles. The number of nitrogens with one attached hydrogen (secondary N) is 2. The van der Waals surface area contributed by atoms with Gasteiger partial charge < -0.3 is 15.7 Å². The minimum absolute atomic E-state index is 0.0228. The zero-order chi connectivity index (χ0) is 17.4. The lowest BCUT2D eigenvalue weighted by molar-refractivity contribution is -0.140. The predicted octanol–water partition coefficient (Wildman–Crippen LogP) is 1.66. The van der Waals surface area contributed by atoms with E-state index in [0.717, 1.165) is 6.42 Å². The Labute approximate surface area is 131 Å². The number of carboxylic acid groups (broad SMARTS) is 1. The molecule has 2 amide bonds. The van der Waals surface area contributed by atoms with Gasteiger partial charge in [-0.3, -0.25) is 9.59 Å². The lowest BCUT2D eigenvalue weighted by atomic mass is 10.1. The van der Waals surface area contributed by atoms with E-state index in [1.807, 2.05) is 12.2 Å². The van der Waals surface area contributed by atoms with Crippen LogP contribution in [0.2, 0.25) is 0 Å². The summed E-state index contributed by atoms with van der Waals surface area (Å²) < 4.78 is 24.6. The third kappa shape index (κ3) is 6.01. The number of carbonyl (C=O) groups excluding carboxylic acids is 2. The molecule has 1 aromatic rings. The molecular weight excluding hydrogens is 310 g/mol. The number of benzene rings is 1. The zero-order valence-corrected chi connectivity index (χ0v) is 12.5. The normalized spacial score (nSPS) is 11.8. The molecule has 0 bridgehead atoms. The quantitative estimate of drug-likeness (QED) is 0.676. The summed E-state index contributed by atoms with van der Waals surface area (Å²) in [4.78, 5) is 34.7. The highest BCUT2D eigenvalue weighted by Gasteiger charge is 2.24. The van der Waals surface area contributed by atoms with Crippen LogP contribution in [0.15, 0.2) is 24.3 Å². The highest BCUT2D eigenvalue weighted by Crippen LogP contribution is 2.09. The minimum atomic E-state index is -2.86. The second-order valence-corrected chi connectivity index (χ2v) is 4.83. The van der Waals surface area contributed by atoms with Crippen molar-refractivity contribution in [1.29, 1.82) is 0 Å². The Morgan fingerprint density at radius 1 is 1.17 bits per heavy atom. The number of rotatable bonds is 8. The monoisotopic (exact) mass is 328 g/mol. The third-order valence-electron chi connectivity index (χ3n) is 2.94. The largest absolute Gasteiger partial charge is 0.480 e. The van der Waals surface area contributed by atoms with E-state index in [1.165, 1.54) is 24.3 Å². The fourth-order valence-corrected chi connectivity index (χ4v) is 1.78. The number of halogens is 2. The van der Waals surface area contributed by atoms with E-state index in [-0.39, 0.29) is 17.0 Å². The van der Waals surface area contributed by atoms with Crippen LogP contribution < -0.4 is 10.6 Å². The number of hydrogen-bond donors (Lipinski definition) is 3. The first-order chi connectivity index (χ1) is 10.8. The highest BCUT2D eigenvalue weighted by atomic mass is 19.3. The molecule has 1 atom stereocenters. The molecule has 126 valence electrons. The third-order valence-corrected chi connectivity index (χ3v) is 2.94. The topological polar surface area (TPSA) is 95.5 Å². The van der Waals surface area contributed by atoms with Gasteiger partial charge in [0.15, 0.2) is 0 Å². The first kappa shape index (κ1) is 18.5. The summed E-state index contributed by atoms with van der Waals surface area (Å²) in [7, 11) is 0. The van der Waals surface area contributed by atoms with E-state index in [0.29, 0.717) is 6.54 Å². The second-order valence-electron chi connectivity index (χ2n) is 4.83. The Bertz CT molecular complexity index is 578. The van der Waals surface area contributed by atoms with Gasteiger partial charge in [-0.15, -0.1) is 0 Å². The summed E-state index contributed by atoms with van der Waals surface area (Å²) >= 11 is 0. The van der Waals surface area contributed by atoms with Gasteiger partial charge in [0.05, 0.1) is 0 Å². The van der Waals surface area contributed by atoms with E-state index in [1.54, 1.807) is 0 Å². The Morgan fingerprint density at radius 3 is 2.30 bits per heavy atom. The number of hydrogen-bond acceptors (Lipinski definition) is 3. The molecule has 0 aliphatic carbocycles. The van der Waals surface area contributed by atoms with Crippen molar-refractivity contribution in [3.8, 4) is 0 Å². The maximum atomic E-state index is 12.3. The number of amides is 2. The smallest absolute Gasteiger partial charge is 0.326 e. The van der Waals surface area contributed by atoms with Crippen molar-refractivity contribution >= 4 is 17.8 Å². The SMILES string of the molecule is CCCNC(=O)c1cccc(C(=O)NC(CC(F)F)C(=O)O)c1. The fraction of sp³-hybridized carbons (Fsp3) is 0.400. The lowest BCUT2D eigenvalue weighted by Crippen LogP contribution is -2.42. The van der Waals surface area contributed by atoms with Gasteiger partial charge in [0.2, 0.25) is 6.43 Å². The number of aliphatic carboxylic acids is 1. The van der Waals surface area contributed by atoms with Crippen LogP contribution in [0.4, 0.5) is 8.78 Å². The van der Waals surface area contributed by atoms with Gasteiger partial charge in [0.1, 0.15) is 6.04 Å². The van der Waals surface area contributed by atoms with Crippen LogP contribution in [-0.4, -0.2) is 41.9 Å². The van der Waals surface area contributed by atoms with Crippen LogP contribution in [0, 0.1) is 0 Å². The molecule has 1 rings (SSSR count). The van der Waals surface area contributed by atoms with Gasteiger partial charge in [-0.25, -0.2) is 13.6 Å². The summed E-state index contributed by atoms with van der Waals surface area (Å²) in [6.45, 7) is 2.37. The van der Waals surface area contributed by atoms with Gasteiger partial charge >= 0.3 is 5.97 Å². The molecule has 1 unspecified atom stereocenters. The van der Waals surface area contributed by atoms with Crippen molar-refractivity contribution in [3.63, 3.8) is 0 Å². The second kappa shape index (κ2) is 8.82. The van der Waals surface area contributed by atoms with Gasteiger partial charge in [-0.2, -0.15) is 0 Å². The van der Waals surface area contributed by atoms with Crippen LogP contribution >= 0.6 is 0 Å². The van der Waals surface area contributed by atoms with Gasteiger partial charge in [0, 0.05) is 24.1 Å². The number of carbonyl (C=O) groups is 3. The molecule has 0 spiro atoms. The highest BCUT2D eigenvalue weighted by molar-refractivity contribution is 6.00. The maximum absolute atomic E-state index is 12.3. The summed E-state index contributed by atoms with van der Waals surface area (Å²) in [5.41, 5.74) is 0.251. The molecule has 8 heteroatoms. The molecular formula is C15H18F2N2O4. The van der Waals surface area contributed by atoms with Gasteiger partial charge in [-0.1, -0.05) is 13.0 Å². The maximum Gasteiger partial charge on any atom is 0.326 e. The predicted molar refractivity (Wildman–Crippen MR) is 78.6 cm³/mol. The van der Waals surface area contributed by atoms with E-state index in [4.69, 9.17) is 5.11 Å². The van der Waals surface area contributed by atoms with Crippen molar-refractivity contribution in [2.75, 3.05) is 6.54 Å². The van der Waals surface area contributed by atoms with Crippen LogP contribution in [-0.2, 0) is 4.79 Å². The molecule has 23 heavy (non-hydrogen) atoms. The van der Waals surface area contributed by atoms with Crippen molar-refractivity contribution in [3.05, 3.63) is 35.4 Å². The first-order valence-corrected chi connectivity index (χ1v) is 7.05. The standard InChI is InChI=1S/C15H18F2N2O4/c1-2-6-18-13(20)9-4-3-5-10(7-9)14(21)19-11(15(22)23)8-12(16)17/h3-5,7,11-12H,2,6,8H2,1H3,(H,18,20)(H,19,21)(H,22,23). The molecule has 1 aromatic carbocycles. The molecule has 0 aliphatic rings. The summed E-state index contributed by atoms with van der Waals surface area (Å²) in [6.07, 6.45) is -3.10. The molecule has 0 aliphatic heterocycles. The molecule has 0 heterocycles. The Hall–Kier alpha value is -2.51. The average molecular weight is 328 g/mol. The molecule has 3 N–H and O–H groups in total. The van der Waals surface area contributed by atoms with Gasteiger partial charge in [0.25, 0.3) is 11.8 Å². The summed E-state index contributed by atoms with van der Waals surface area (Å²) in [6, 6.07) is 3.91. The molecule has 0 saturated carbocycles. The van der Waals surface area contributed by atoms with E-state index >= 15 is 0 Å². The lowest BCUT2D eigenvalue weighted by Gasteiger charge is -2.14. The molecule has 0 fully saturated rings. The van der Waals surface area contributed by atoms with Crippen molar-refractivity contribution < 1.29 is 28.3 Å². The number of carboxylic acids is 1. The van der Waals surface area contributed by atoms with E-state index < -0.39 is 30.8 Å². The number of alkyl halides is 2. The van der Waals surface area contributed by atoms with Crippen molar-refractivity contribution in [2.24, 2.45) is 0 Å². The van der Waals surface area contributed by atoms with Crippen LogP contribution in [0.1, 0.15) is 40.5 Å². The molecule has 6 nitrogen and oxygen atoms in total. The minimum Gasteiger partial charge on any atom is -0.480 e. The van der Waals surface area contributed by atoms with E-state index in [2.05, 4.69) is 5.32 Å². The Kier molecular flexibility index (Phi) is 7.11.